The van der Waals surface area contributed by atoms with Crippen LogP contribution in [-0.4, -0.2) is 34.1 Å². The lowest BCUT2D eigenvalue weighted by atomic mass is 10.3. The van der Waals surface area contributed by atoms with Gasteiger partial charge in [-0.1, -0.05) is 0 Å². The predicted molar refractivity (Wildman–Crippen MR) is 67.5 cm³/mol. The van der Waals surface area contributed by atoms with Crippen LogP contribution in [0.25, 0.3) is 0 Å². The number of hydrogen-bond acceptors (Lipinski definition) is 6. The Labute approximate surface area is 106 Å². The van der Waals surface area contributed by atoms with Gasteiger partial charge in [-0.3, -0.25) is 10.1 Å². The summed E-state index contributed by atoms with van der Waals surface area (Å²) in [6.45, 7) is 5.46. The number of nitrogens with zero attached hydrogens (tertiary/aromatic N) is 3. The SMILES string of the molecule is CC(C)OCCCCNc1ncc([N+](=O)[O-])cn1. The molecule has 18 heavy (non-hydrogen) atoms. The topological polar surface area (TPSA) is 90.2 Å². The highest BCUT2D eigenvalue weighted by atomic mass is 16.6. The summed E-state index contributed by atoms with van der Waals surface area (Å²) in [5, 5.41) is 13.4. The van der Waals surface area contributed by atoms with E-state index in [1.54, 1.807) is 0 Å². The second-order valence-corrected chi connectivity index (χ2v) is 4.08. The van der Waals surface area contributed by atoms with Crippen LogP contribution in [0.3, 0.4) is 0 Å². The summed E-state index contributed by atoms with van der Waals surface area (Å²) < 4.78 is 5.40. The maximum absolute atomic E-state index is 10.4. The molecule has 0 atom stereocenters. The fraction of sp³-hybridized carbons (Fsp3) is 0.636. The van der Waals surface area contributed by atoms with Gasteiger partial charge in [-0.2, -0.15) is 0 Å². The van der Waals surface area contributed by atoms with Gasteiger partial charge in [-0.25, -0.2) is 9.97 Å². The van der Waals surface area contributed by atoms with E-state index < -0.39 is 4.92 Å². The summed E-state index contributed by atoms with van der Waals surface area (Å²) in [5.41, 5.74) is -0.106. The largest absolute Gasteiger partial charge is 0.379 e. The smallest absolute Gasteiger partial charge is 0.305 e. The van der Waals surface area contributed by atoms with E-state index >= 15 is 0 Å². The molecule has 0 aliphatic rings. The van der Waals surface area contributed by atoms with Crippen LogP contribution in [0.5, 0.6) is 0 Å². The molecule has 0 saturated heterocycles. The average Bonchev–Trinajstić information content (AvgIpc) is 2.34. The molecular formula is C11H18N4O3. The molecule has 0 radical (unpaired) electrons. The van der Waals surface area contributed by atoms with Crippen LogP contribution < -0.4 is 5.32 Å². The summed E-state index contributed by atoms with van der Waals surface area (Å²) in [6, 6.07) is 0. The van der Waals surface area contributed by atoms with Crippen LogP contribution in [-0.2, 0) is 4.74 Å². The molecule has 0 spiro atoms. The molecule has 0 aromatic carbocycles. The lowest BCUT2D eigenvalue weighted by molar-refractivity contribution is -0.385. The van der Waals surface area contributed by atoms with Gasteiger partial charge in [-0.05, 0) is 26.7 Å². The second-order valence-electron chi connectivity index (χ2n) is 4.08. The molecule has 0 aliphatic carbocycles. The number of hydrogen-bond donors (Lipinski definition) is 1. The molecule has 1 aromatic heterocycles. The molecule has 0 bridgehead atoms. The van der Waals surface area contributed by atoms with Gasteiger partial charge >= 0.3 is 5.69 Å². The molecule has 1 heterocycles. The number of aromatic nitrogens is 2. The first kappa shape index (κ1) is 14.3. The van der Waals surface area contributed by atoms with Crippen molar-refractivity contribution in [3.63, 3.8) is 0 Å². The lowest BCUT2D eigenvalue weighted by Gasteiger charge is -2.07. The molecule has 0 amide bonds. The third-order valence-electron chi connectivity index (χ3n) is 2.15. The van der Waals surface area contributed by atoms with E-state index in [2.05, 4.69) is 15.3 Å². The highest BCUT2D eigenvalue weighted by Gasteiger charge is 2.05. The van der Waals surface area contributed by atoms with Crippen molar-refractivity contribution in [2.24, 2.45) is 0 Å². The normalized spacial score (nSPS) is 10.6. The van der Waals surface area contributed by atoms with Crippen molar-refractivity contribution in [2.75, 3.05) is 18.5 Å². The molecular weight excluding hydrogens is 236 g/mol. The quantitative estimate of drug-likeness (QED) is 0.433. The van der Waals surface area contributed by atoms with Crippen molar-refractivity contribution in [3.8, 4) is 0 Å². The van der Waals surface area contributed by atoms with E-state index in [0.717, 1.165) is 26.0 Å². The van der Waals surface area contributed by atoms with Gasteiger partial charge in [0.2, 0.25) is 5.95 Å². The summed E-state index contributed by atoms with van der Waals surface area (Å²) in [4.78, 5) is 17.6. The van der Waals surface area contributed by atoms with Gasteiger partial charge in [0.15, 0.2) is 0 Å². The Morgan fingerprint density at radius 3 is 2.61 bits per heavy atom. The maximum atomic E-state index is 10.4. The number of ether oxygens (including phenoxy) is 1. The van der Waals surface area contributed by atoms with Crippen LogP contribution in [0.1, 0.15) is 26.7 Å². The maximum Gasteiger partial charge on any atom is 0.305 e. The molecule has 100 valence electrons. The first-order valence-corrected chi connectivity index (χ1v) is 5.91. The van der Waals surface area contributed by atoms with Gasteiger partial charge in [0.25, 0.3) is 0 Å². The summed E-state index contributed by atoms with van der Waals surface area (Å²) in [6.07, 6.45) is 4.54. The average molecular weight is 254 g/mol. The Bertz CT molecular complexity index is 367. The minimum atomic E-state index is -0.521. The molecule has 1 aromatic rings. The van der Waals surface area contributed by atoms with Crippen molar-refractivity contribution in [3.05, 3.63) is 22.5 Å². The van der Waals surface area contributed by atoms with E-state index in [1.807, 2.05) is 13.8 Å². The van der Waals surface area contributed by atoms with Gasteiger partial charge in [0.1, 0.15) is 12.4 Å². The van der Waals surface area contributed by atoms with E-state index in [4.69, 9.17) is 4.74 Å². The van der Waals surface area contributed by atoms with Gasteiger partial charge < -0.3 is 10.1 Å². The number of rotatable bonds is 8. The van der Waals surface area contributed by atoms with Crippen molar-refractivity contribution in [1.29, 1.82) is 0 Å². The molecule has 0 unspecified atom stereocenters. The van der Waals surface area contributed by atoms with E-state index in [9.17, 15) is 10.1 Å². The summed E-state index contributed by atoms with van der Waals surface area (Å²) in [5.74, 6) is 0.408. The van der Waals surface area contributed by atoms with Crippen LogP contribution in [0.2, 0.25) is 0 Å². The Morgan fingerprint density at radius 2 is 2.06 bits per heavy atom. The zero-order valence-corrected chi connectivity index (χ0v) is 10.6. The van der Waals surface area contributed by atoms with Gasteiger partial charge in [-0.15, -0.1) is 0 Å². The van der Waals surface area contributed by atoms with Crippen LogP contribution in [0, 0.1) is 10.1 Å². The molecule has 0 aliphatic heterocycles. The number of nitro groups is 1. The van der Waals surface area contributed by atoms with E-state index in [1.165, 1.54) is 12.4 Å². The zero-order valence-electron chi connectivity index (χ0n) is 10.6. The zero-order chi connectivity index (χ0) is 13.4. The fourth-order valence-electron chi connectivity index (χ4n) is 1.25. The Hall–Kier alpha value is -1.76. The second kappa shape index (κ2) is 7.54. The first-order valence-electron chi connectivity index (χ1n) is 5.91. The number of anilines is 1. The third kappa shape index (κ3) is 5.53. The first-order chi connectivity index (χ1) is 8.59. The highest BCUT2D eigenvalue weighted by Crippen LogP contribution is 2.08. The van der Waals surface area contributed by atoms with Crippen LogP contribution in [0.15, 0.2) is 12.4 Å². The number of unbranched alkanes of at least 4 members (excludes halogenated alkanes) is 1. The Kier molecular flexibility index (Phi) is 5.99. The molecule has 7 nitrogen and oxygen atoms in total. The van der Waals surface area contributed by atoms with Crippen molar-refractivity contribution < 1.29 is 9.66 Å². The monoisotopic (exact) mass is 254 g/mol. The van der Waals surface area contributed by atoms with Gasteiger partial charge in [0, 0.05) is 13.2 Å². The predicted octanol–water partition coefficient (Wildman–Crippen LogP) is 2.00. The molecule has 1 rings (SSSR count). The standard InChI is InChI=1S/C11H18N4O3/c1-9(2)18-6-4-3-5-12-11-13-7-10(8-14-11)15(16)17/h7-9H,3-6H2,1-2H3,(H,12,13,14). The summed E-state index contributed by atoms with van der Waals surface area (Å²) >= 11 is 0. The van der Waals surface area contributed by atoms with Crippen molar-refractivity contribution >= 4 is 11.6 Å². The lowest BCUT2D eigenvalue weighted by Crippen LogP contribution is -2.08. The van der Waals surface area contributed by atoms with Crippen molar-refractivity contribution in [1.82, 2.24) is 9.97 Å². The van der Waals surface area contributed by atoms with Crippen LogP contribution >= 0.6 is 0 Å². The Balaban J connectivity index is 2.17. The van der Waals surface area contributed by atoms with Gasteiger partial charge in [0.05, 0.1) is 11.0 Å². The summed E-state index contributed by atoms with van der Waals surface area (Å²) in [7, 11) is 0. The molecule has 0 saturated carbocycles. The molecule has 7 heteroatoms. The van der Waals surface area contributed by atoms with E-state index in [-0.39, 0.29) is 11.8 Å². The fourth-order valence-corrected chi connectivity index (χ4v) is 1.25. The highest BCUT2D eigenvalue weighted by molar-refractivity contribution is 5.30. The van der Waals surface area contributed by atoms with Crippen LogP contribution in [0.4, 0.5) is 11.6 Å². The minimum absolute atomic E-state index is 0.106. The number of nitrogens with one attached hydrogen (secondary N) is 1. The minimum Gasteiger partial charge on any atom is -0.379 e. The van der Waals surface area contributed by atoms with E-state index in [0.29, 0.717) is 5.95 Å². The molecule has 1 N–H and O–H groups in total. The third-order valence-corrected chi connectivity index (χ3v) is 2.15. The Morgan fingerprint density at radius 1 is 1.39 bits per heavy atom. The van der Waals surface area contributed by atoms with Crippen molar-refractivity contribution in [2.45, 2.75) is 32.8 Å². The molecule has 0 fully saturated rings.